The number of hydrogen-bond donors (Lipinski definition) is 4. The second-order valence-electron chi connectivity index (χ2n) is 15.6. The maximum Gasteiger partial charge on any atom is 0.314 e. The highest BCUT2D eigenvalue weighted by atomic mass is 16.7. The number of hydrogen-bond acceptors (Lipinski definition) is 13. The molecule has 275 valence electrons. The van der Waals surface area contributed by atoms with E-state index in [9.17, 15) is 39.7 Å². The van der Waals surface area contributed by atoms with Gasteiger partial charge in [0.25, 0.3) is 0 Å². The SMILES string of the molecule is COc1cccc2c1C(=O)c1c(O)c3c(c(OC(=O)C4CC(C)(C)N([O])C(C)(C)C4)c1C2=O)C[C@@](O)(C(C)=O)C[C@@H]3O[C@H]1C[C@H](N)[C@H](O)C(C)O1. The molecule has 6 rings (SSSR count). The van der Waals surface area contributed by atoms with E-state index in [1.807, 2.05) is 0 Å². The van der Waals surface area contributed by atoms with Crippen LogP contribution in [0.5, 0.6) is 17.2 Å². The van der Waals surface area contributed by atoms with Gasteiger partial charge in [0.15, 0.2) is 17.9 Å². The van der Waals surface area contributed by atoms with Gasteiger partial charge in [-0.3, -0.25) is 19.2 Å². The number of phenolic OH excluding ortho intramolecular Hbond substituents is 1. The van der Waals surface area contributed by atoms with Gasteiger partial charge < -0.3 is 40.0 Å². The first kappa shape index (κ1) is 37.0. The van der Waals surface area contributed by atoms with Crippen LogP contribution < -0.4 is 15.2 Å². The van der Waals surface area contributed by atoms with Crippen molar-refractivity contribution in [1.29, 1.82) is 0 Å². The molecule has 2 heterocycles. The molecule has 0 amide bonds. The van der Waals surface area contributed by atoms with Gasteiger partial charge in [0.05, 0.1) is 48.0 Å². The standard InChI is InChI=1S/C37H45N2O12/c1-16-29(41)21(38)11-24(49-16)50-23-15-37(46,17(2)40)14-20-26(23)32(44)27-28(30(42)19-9-8-10-22(48-7)25(19)31(27)43)33(20)51-34(45)18-12-35(3,4)39(47)36(5,6)13-18/h8-10,16,18,21,23-24,29,41,44,46H,11-15,38H2,1-7H3/t16?,21-,23-,24-,29+,37-/m0/s1. The lowest BCUT2D eigenvalue weighted by Gasteiger charge is -2.49. The molecule has 2 aromatic rings. The molecule has 2 aliphatic heterocycles. The van der Waals surface area contributed by atoms with Gasteiger partial charge in [-0.25, -0.2) is 0 Å². The largest absolute Gasteiger partial charge is 0.507 e. The summed E-state index contributed by atoms with van der Waals surface area (Å²) in [5, 5.41) is 48.2. The third kappa shape index (κ3) is 6.06. The predicted molar refractivity (Wildman–Crippen MR) is 178 cm³/mol. The average molecular weight is 710 g/mol. The first-order chi connectivity index (χ1) is 23.7. The van der Waals surface area contributed by atoms with E-state index in [0.717, 1.165) is 5.06 Å². The zero-order valence-electron chi connectivity index (χ0n) is 29.8. The summed E-state index contributed by atoms with van der Waals surface area (Å²) >= 11 is 0. The van der Waals surface area contributed by atoms with Crippen LogP contribution in [-0.4, -0.2) is 92.0 Å². The number of phenols is 1. The van der Waals surface area contributed by atoms with Crippen molar-refractivity contribution >= 4 is 23.3 Å². The molecule has 0 bridgehead atoms. The maximum atomic E-state index is 14.4. The molecule has 2 aromatic carbocycles. The highest BCUT2D eigenvalue weighted by Gasteiger charge is 2.52. The molecule has 0 aromatic heterocycles. The van der Waals surface area contributed by atoms with E-state index >= 15 is 0 Å². The molecular formula is C37H45N2O12. The predicted octanol–water partition coefficient (Wildman–Crippen LogP) is 2.84. The monoisotopic (exact) mass is 709 g/mol. The minimum absolute atomic E-state index is 0.00929. The highest BCUT2D eigenvalue weighted by molar-refractivity contribution is 6.31. The number of piperidine rings is 1. The summed E-state index contributed by atoms with van der Waals surface area (Å²) in [6.07, 6.45) is -4.82. The number of carbonyl (C=O) groups excluding carboxylic acids is 4. The van der Waals surface area contributed by atoms with Crippen LogP contribution in [0, 0.1) is 5.92 Å². The molecule has 2 aliphatic carbocycles. The fourth-order valence-electron chi connectivity index (χ4n) is 8.37. The molecule has 4 aliphatic rings. The van der Waals surface area contributed by atoms with Crippen molar-refractivity contribution in [3.8, 4) is 17.2 Å². The average Bonchev–Trinajstić information content (AvgIpc) is 3.05. The van der Waals surface area contributed by atoms with Gasteiger partial charge in [-0.05, 0) is 60.5 Å². The van der Waals surface area contributed by atoms with Gasteiger partial charge in [0.1, 0.15) is 22.8 Å². The topological polar surface area (TPSA) is 215 Å². The number of methoxy groups -OCH3 is 1. The number of rotatable bonds is 6. The lowest BCUT2D eigenvalue weighted by molar-refractivity contribution is -0.293. The Balaban J connectivity index is 1.56. The van der Waals surface area contributed by atoms with Crippen LogP contribution in [-0.2, 0) is 30.7 Å². The van der Waals surface area contributed by atoms with E-state index in [4.69, 9.17) is 24.7 Å². The molecule has 2 saturated heterocycles. The Morgan fingerprint density at radius 2 is 1.67 bits per heavy atom. The summed E-state index contributed by atoms with van der Waals surface area (Å²) in [6, 6.07) is 3.67. The van der Waals surface area contributed by atoms with Crippen molar-refractivity contribution in [2.75, 3.05) is 7.11 Å². The molecule has 14 nitrogen and oxygen atoms in total. The number of aliphatic hydroxyl groups is 2. The van der Waals surface area contributed by atoms with Crippen molar-refractivity contribution in [2.24, 2.45) is 11.7 Å². The van der Waals surface area contributed by atoms with E-state index < -0.39 is 112 Å². The van der Waals surface area contributed by atoms with Crippen LogP contribution in [0.15, 0.2) is 18.2 Å². The third-order valence-electron chi connectivity index (χ3n) is 10.9. The Bertz CT molecular complexity index is 1790. The van der Waals surface area contributed by atoms with Gasteiger partial charge in [0.2, 0.25) is 5.78 Å². The number of ketones is 3. The Hall–Kier alpha value is -3.76. The van der Waals surface area contributed by atoms with Crippen LogP contribution in [0.3, 0.4) is 0 Å². The number of benzene rings is 2. The smallest absolute Gasteiger partial charge is 0.314 e. The maximum absolute atomic E-state index is 14.4. The van der Waals surface area contributed by atoms with Crippen LogP contribution in [0.25, 0.3) is 0 Å². The second kappa shape index (κ2) is 12.7. The molecule has 51 heavy (non-hydrogen) atoms. The molecule has 14 heteroatoms. The van der Waals surface area contributed by atoms with Gasteiger partial charge in [-0.1, -0.05) is 12.1 Å². The number of esters is 1. The Kier molecular flexibility index (Phi) is 9.23. The quantitative estimate of drug-likeness (QED) is 0.214. The van der Waals surface area contributed by atoms with Gasteiger partial charge in [-0.15, -0.1) is 10.3 Å². The van der Waals surface area contributed by atoms with E-state index in [1.165, 1.54) is 32.2 Å². The van der Waals surface area contributed by atoms with Gasteiger partial charge in [-0.2, -0.15) is 0 Å². The highest BCUT2D eigenvalue weighted by Crippen LogP contribution is 2.53. The van der Waals surface area contributed by atoms with Crippen LogP contribution in [0.4, 0.5) is 0 Å². The van der Waals surface area contributed by atoms with Crippen molar-refractivity contribution in [2.45, 2.75) is 121 Å². The van der Waals surface area contributed by atoms with E-state index in [2.05, 4.69) is 0 Å². The van der Waals surface area contributed by atoms with Crippen LogP contribution in [0.2, 0.25) is 0 Å². The van der Waals surface area contributed by atoms with Crippen LogP contribution >= 0.6 is 0 Å². The number of aliphatic hydroxyl groups excluding tert-OH is 1. The lowest BCUT2D eigenvalue weighted by Crippen LogP contribution is -2.59. The van der Waals surface area contributed by atoms with Gasteiger partial charge >= 0.3 is 5.97 Å². The molecule has 1 radical (unpaired) electrons. The Morgan fingerprint density at radius 3 is 2.25 bits per heavy atom. The molecular weight excluding hydrogens is 664 g/mol. The lowest BCUT2D eigenvalue weighted by atomic mass is 9.72. The van der Waals surface area contributed by atoms with Crippen molar-refractivity contribution in [1.82, 2.24) is 5.06 Å². The van der Waals surface area contributed by atoms with E-state index in [1.54, 1.807) is 34.6 Å². The number of Topliss-reactive ketones (excluding diaryl/α,β-unsaturated/α-hetero) is 1. The first-order valence-electron chi connectivity index (χ1n) is 17.1. The second-order valence-corrected chi connectivity index (χ2v) is 15.6. The summed E-state index contributed by atoms with van der Waals surface area (Å²) in [6.45, 7) is 9.63. The van der Waals surface area contributed by atoms with Crippen LogP contribution in [0.1, 0.15) is 116 Å². The molecule has 0 saturated carbocycles. The normalized spacial score (nSPS) is 30.2. The van der Waals surface area contributed by atoms with Crippen molar-refractivity contribution in [3.63, 3.8) is 0 Å². The number of hydroxylamine groups is 2. The molecule has 6 atom stereocenters. The first-order valence-corrected chi connectivity index (χ1v) is 17.1. The number of carbonyl (C=O) groups is 4. The number of aromatic hydroxyl groups is 1. The van der Waals surface area contributed by atoms with Crippen molar-refractivity contribution < 1.29 is 58.7 Å². The third-order valence-corrected chi connectivity index (χ3v) is 10.9. The minimum atomic E-state index is -2.12. The summed E-state index contributed by atoms with van der Waals surface area (Å²) in [7, 11) is 1.33. The summed E-state index contributed by atoms with van der Waals surface area (Å²) in [5.74, 6) is -4.79. The molecule has 1 unspecified atom stereocenters. The van der Waals surface area contributed by atoms with Gasteiger partial charge in [0, 0.05) is 53.1 Å². The summed E-state index contributed by atoms with van der Waals surface area (Å²) < 4.78 is 23.7. The number of nitrogens with zero attached hydrogens (tertiary/aromatic N) is 1. The zero-order chi connectivity index (χ0) is 37.5. The fraction of sp³-hybridized carbons (Fsp3) is 0.568. The summed E-state index contributed by atoms with van der Waals surface area (Å²) in [4.78, 5) is 56.0. The van der Waals surface area contributed by atoms with Crippen molar-refractivity contribution in [3.05, 3.63) is 51.6 Å². The number of ether oxygens (including phenoxy) is 4. The fourth-order valence-corrected chi connectivity index (χ4v) is 8.37. The minimum Gasteiger partial charge on any atom is -0.507 e. The molecule has 5 N–H and O–H groups in total. The van der Waals surface area contributed by atoms with E-state index in [0.29, 0.717) is 0 Å². The Morgan fingerprint density at radius 1 is 1.02 bits per heavy atom. The molecule has 0 spiro atoms. The molecule has 2 fully saturated rings. The zero-order valence-corrected chi connectivity index (χ0v) is 29.8. The van der Waals surface area contributed by atoms with E-state index in [-0.39, 0.29) is 47.3 Å². The summed E-state index contributed by atoms with van der Waals surface area (Å²) in [5.41, 5.74) is 0.921. The Labute approximate surface area is 295 Å². The number of nitrogens with two attached hydrogens (primary N) is 1. The number of fused-ring (bicyclic) bond motifs is 3.